The Morgan fingerprint density at radius 1 is 0.563 bits per heavy atom. The van der Waals surface area contributed by atoms with E-state index in [1.165, 1.54) is 89.0 Å². The molecule has 0 spiro atoms. The Bertz CT molecular complexity index is 2680. The van der Waals surface area contributed by atoms with Crippen molar-refractivity contribution in [2.24, 2.45) is 0 Å². The molecule has 0 amide bonds. The predicted octanol–water partition coefficient (Wildman–Crippen LogP) is 15.4. The number of hydrogen-bond acceptors (Lipinski definition) is 2. The van der Waals surface area contributed by atoms with Gasteiger partial charge in [0.05, 0.1) is 0 Å². The minimum absolute atomic E-state index is 0.479. The summed E-state index contributed by atoms with van der Waals surface area (Å²) < 4.78 is 0. The number of nitrogens with zero attached hydrogens (tertiary/aromatic N) is 2. The first-order valence-electron chi connectivity index (χ1n) is 25.0. The third-order valence-corrected chi connectivity index (χ3v) is 15.7. The molecule has 1 atom stereocenters. The van der Waals surface area contributed by atoms with Crippen molar-refractivity contribution in [3.8, 4) is 0 Å². The second-order valence-electron chi connectivity index (χ2n) is 19.5. The fourth-order valence-electron chi connectivity index (χ4n) is 9.10. The summed E-state index contributed by atoms with van der Waals surface area (Å²) >= 11 is 9.41. The predicted molar refractivity (Wildman–Crippen MR) is 306 cm³/mol. The molecule has 0 radical (unpaired) electrons. The third kappa shape index (κ3) is 16.3. The van der Waals surface area contributed by atoms with E-state index in [4.69, 9.17) is 21.6 Å². The van der Waals surface area contributed by atoms with Crippen LogP contribution in [0, 0.1) is 53.3 Å². The van der Waals surface area contributed by atoms with Crippen LogP contribution in [-0.2, 0) is 42.9 Å². The molecule has 0 N–H and O–H groups in total. The van der Waals surface area contributed by atoms with E-state index in [9.17, 15) is 0 Å². The number of para-hydroxylation sites is 1. The normalized spacial score (nSPS) is 11.4. The number of anilines is 2. The third-order valence-electron chi connectivity index (χ3n) is 12.7. The van der Waals surface area contributed by atoms with Crippen LogP contribution in [0.4, 0.5) is 11.4 Å². The second kappa shape index (κ2) is 28.3. The molecule has 0 heterocycles. The van der Waals surface area contributed by atoms with Crippen molar-refractivity contribution < 1.29 is 30.1 Å². The summed E-state index contributed by atoms with van der Waals surface area (Å²) in [6, 6.07) is 60.5. The molecule has 0 aliphatic rings. The van der Waals surface area contributed by atoms with Gasteiger partial charge in [-0.15, -0.1) is 0 Å². The molecular weight excluding hydrogens is 969 g/mol. The summed E-state index contributed by atoms with van der Waals surface area (Å²) in [5.74, 6) is 1.99. The summed E-state index contributed by atoms with van der Waals surface area (Å²) in [5.41, 5.74) is 16.6. The number of rotatable bonds is 18. The van der Waals surface area contributed by atoms with Crippen LogP contribution in [0.25, 0.3) is 0 Å². The fraction of sp³-hybridized carbons (Fsp3) is 0.288. The van der Waals surface area contributed by atoms with E-state index in [-0.39, 0.29) is 0 Å². The van der Waals surface area contributed by atoms with Gasteiger partial charge in [-0.25, -0.2) is 0 Å². The molecule has 0 aromatic heterocycles. The Hall–Kier alpha value is -4.96. The van der Waals surface area contributed by atoms with Crippen molar-refractivity contribution in [1.29, 1.82) is 0 Å². The van der Waals surface area contributed by atoms with E-state index in [0.29, 0.717) is 30.2 Å². The average Bonchev–Trinajstić information content (AvgIpc) is 3.36. The molecule has 2 nitrogen and oxygen atoms in total. The van der Waals surface area contributed by atoms with Gasteiger partial charge in [0.15, 0.2) is 0 Å². The van der Waals surface area contributed by atoms with Crippen molar-refractivity contribution >= 4 is 45.4 Å². The number of aryl methyl sites for hydroxylation is 5. The van der Waals surface area contributed by atoms with Gasteiger partial charge in [0.2, 0.25) is 0 Å². The molecule has 5 heteroatoms. The molecular formula is C66H75N2Ni2P-4. The van der Waals surface area contributed by atoms with Crippen LogP contribution >= 0.6 is 7.92 Å². The van der Waals surface area contributed by atoms with E-state index >= 15 is 0 Å². The van der Waals surface area contributed by atoms with Crippen LogP contribution in [0.15, 0.2) is 152 Å². The first-order chi connectivity index (χ1) is 34.1. The standard InChI is InChI=1S/C39H39P.C15H22N.C12H14N.2Ni/c1-29(2)35-12-11-13-36(28-35)31(4)18-19-33-24-30(3)25-34(27-33)26-32-20-22-39(23-21-32)40(37-14-7-5-8-15-37)38-16-9-6-10-17-38;1-7-16(6)15-13(11(2)3)9-8-10-14(15)12(4)5;1-6-13(5)12-10(3)7-9(2)8-11(12)4;;/h5-17,20-25,29,31H,18-19,26H2,1-4H3;6,8-12H,1,7H2,2-5H3;1,5-8H,2-4H3;;/q-2;2*-1;;. The first-order valence-corrected chi connectivity index (χ1v) is 27.5. The van der Waals surface area contributed by atoms with Crippen LogP contribution < -0.4 is 25.7 Å². The fourth-order valence-corrected chi connectivity index (χ4v) is 11.8. The van der Waals surface area contributed by atoms with E-state index in [1.54, 1.807) is 15.1 Å². The number of hydrogen-bond donors (Lipinski definition) is 0. The molecule has 0 bridgehead atoms. The van der Waals surface area contributed by atoms with Crippen molar-refractivity contribution in [2.75, 3.05) is 16.3 Å². The molecule has 0 saturated carbocycles. The van der Waals surface area contributed by atoms with Crippen molar-refractivity contribution in [3.63, 3.8) is 0 Å². The minimum atomic E-state index is -0.575. The van der Waals surface area contributed by atoms with Gasteiger partial charge in [0, 0.05) is 0 Å². The zero-order chi connectivity index (χ0) is 51.6. The quantitative estimate of drug-likeness (QED) is 0.0480. The summed E-state index contributed by atoms with van der Waals surface area (Å²) in [6.07, 6.45) is 4.54. The topological polar surface area (TPSA) is 6.48 Å². The van der Waals surface area contributed by atoms with Gasteiger partial charge >= 0.3 is 206 Å². The van der Waals surface area contributed by atoms with Crippen LogP contribution in [0.5, 0.6) is 0 Å². The zero-order valence-electron chi connectivity index (χ0n) is 44.0. The average molecular weight is 1040 g/mol. The molecule has 378 valence electrons. The summed E-state index contributed by atoms with van der Waals surface area (Å²) in [4.78, 5) is 3.87. The van der Waals surface area contributed by atoms with E-state index in [0.717, 1.165) is 24.9 Å². The second-order valence-corrected chi connectivity index (χ2v) is 22.2. The van der Waals surface area contributed by atoms with Crippen molar-refractivity contribution in [1.82, 2.24) is 0 Å². The Morgan fingerprint density at radius 2 is 1.07 bits per heavy atom. The summed E-state index contributed by atoms with van der Waals surface area (Å²) in [6.45, 7) is 34.3. The van der Waals surface area contributed by atoms with Gasteiger partial charge in [-0.1, -0.05) is 119 Å². The summed E-state index contributed by atoms with van der Waals surface area (Å²) in [7, 11) is -0.575. The zero-order valence-corrected chi connectivity index (χ0v) is 46.9. The Balaban J connectivity index is 0.000000247. The van der Waals surface area contributed by atoms with E-state index in [1.807, 2.05) is 0 Å². The molecule has 7 rings (SSSR count). The van der Waals surface area contributed by atoms with Crippen LogP contribution in [0.1, 0.15) is 140 Å². The van der Waals surface area contributed by atoms with Gasteiger partial charge < -0.3 is 0 Å². The SMILES string of the molecule is Cc1cc(CCC(C)c2[c-]c(C(C)C)ccc2)[c-]c(Cc2ccc(P(c3ccccc3)c3ccccc3)cc2)c1.[CH-]=CN([CH]=[Ni])c1c(C)cc(C)cc1C.[CH2-]CN([CH]=[Ni])c1c(C(C)C)cccc1C(C)C. The van der Waals surface area contributed by atoms with Crippen LogP contribution in [0.3, 0.4) is 0 Å². The molecule has 7 aromatic carbocycles. The maximum atomic E-state index is 5.50. The van der Waals surface area contributed by atoms with Crippen LogP contribution in [-0.4, -0.2) is 16.8 Å². The van der Waals surface area contributed by atoms with Gasteiger partial charge in [0.1, 0.15) is 0 Å². The Kier molecular flexibility index (Phi) is 22.7. The maximum absolute atomic E-state index is 5.50. The van der Waals surface area contributed by atoms with Crippen molar-refractivity contribution in [3.05, 3.63) is 239 Å². The molecule has 1 unspecified atom stereocenters. The monoisotopic (exact) mass is 1040 g/mol. The van der Waals surface area contributed by atoms with Crippen molar-refractivity contribution in [2.45, 2.75) is 119 Å². The van der Waals surface area contributed by atoms with E-state index in [2.05, 4.69) is 261 Å². The first kappa shape index (κ1) is 56.9. The van der Waals surface area contributed by atoms with E-state index < -0.39 is 7.92 Å². The van der Waals surface area contributed by atoms with Gasteiger partial charge in [-0.3, -0.25) is 0 Å². The molecule has 0 aliphatic heterocycles. The molecule has 7 aromatic rings. The van der Waals surface area contributed by atoms with Gasteiger partial charge in [0.25, 0.3) is 0 Å². The molecule has 71 heavy (non-hydrogen) atoms. The van der Waals surface area contributed by atoms with Gasteiger partial charge in [-0.2, -0.15) is 70.3 Å². The number of benzene rings is 7. The molecule has 0 fully saturated rings. The van der Waals surface area contributed by atoms with Crippen LogP contribution in [0.2, 0.25) is 0 Å². The van der Waals surface area contributed by atoms with Gasteiger partial charge in [-0.05, 0) is 54.1 Å². The molecule has 0 aliphatic carbocycles. The summed E-state index contributed by atoms with van der Waals surface area (Å²) in [5, 5.41) is 7.49. The molecule has 0 saturated heterocycles. The Labute approximate surface area is 446 Å². The Morgan fingerprint density at radius 3 is 1.56 bits per heavy atom.